The predicted molar refractivity (Wildman–Crippen MR) is 414 cm³/mol. The van der Waals surface area contributed by atoms with Gasteiger partial charge in [-0.25, -0.2) is 0 Å². The van der Waals surface area contributed by atoms with Gasteiger partial charge in [-0.05, 0) is 345 Å². The van der Waals surface area contributed by atoms with Crippen LogP contribution in [0.2, 0.25) is 101 Å². The van der Waals surface area contributed by atoms with E-state index in [4.69, 9.17) is 70.8 Å². The number of benzene rings is 2. The fourth-order valence-corrected chi connectivity index (χ4v) is 68.7. The molecule has 2 aromatic carbocycles. The van der Waals surface area contributed by atoms with Crippen molar-refractivity contribution in [3.63, 3.8) is 0 Å². The highest BCUT2D eigenvalue weighted by atomic mass is 28.5. The fourth-order valence-electron chi connectivity index (χ4n) is 21.4. The topological polar surface area (TPSA) is 167 Å². The Morgan fingerprint density at radius 3 is 0.725 bits per heavy atom. The van der Waals surface area contributed by atoms with Gasteiger partial charge in [0, 0.05) is 5.41 Å². The second-order valence-corrected chi connectivity index (χ2v) is 66.1. The zero-order valence-electron chi connectivity index (χ0n) is 64.2. The van der Waals surface area contributed by atoms with Crippen LogP contribution in [0.5, 0.6) is 11.5 Å². The summed E-state index contributed by atoms with van der Waals surface area (Å²) in [4.78, 5) is 0. The molecule has 6 aliphatic carbocycles. The Kier molecular flexibility index (Phi) is 22.4. The molecule has 8 aliphatic heterocycles. The van der Waals surface area contributed by atoms with Gasteiger partial charge in [0.2, 0.25) is 0 Å². The molecule has 2 aromatic rings. The van der Waals surface area contributed by atoms with Gasteiger partial charge in [-0.15, -0.1) is 0 Å². The van der Waals surface area contributed by atoms with E-state index >= 15 is 0 Å². The summed E-state index contributed by atoms with van der Waals surface area (Å²) in [7, 11) is -22.2. The van der Waals surface area contributed by atoms with Crippen LogP contribution < -0.4 is 9.47 Å². The summed E-state index contributed by atoms with van der Waals surface area (Å²) in [5, 5.41) is 0. The van der Waals surface area contributed by atoms with Crippen molar-refractivity contribution in [2.45, 2.75) is 367 Å². The molecule has 0 aromatic heterocycles. The average molecular weight is 1550 g/mol. The van der Waals surface area contributed by atoms with Gasteiger partial charge >= 0.3 is 68.5 Å². The number of hydrogen-bond donors (Lipinski definition) is 0. The van der Waals surface area contributed by atoms with Crippen LogP contribution in [0.1, 0.15) is 198 Å². The van der Waals surface area contributed by atoms with Crippen molar-refractivity contribution in [1.82, 2.24) is 0 Å². The molecule has 102 heavy (non-hydrogen) atoms. The van der Waals surface area contributed by atoms with Crippen LogP contribution in [0.15, 0.2) is 48.5 Å². The molecule has 22 unspecified atom stereocenters. The fraction of sp³-hybridized carbons (Fsp3) is 0.846. The first-order valence-electron chi connectivity index (χ1n) is 41.8. The summed E-state index contributed by atoms with van der Waals surface area (Å²) in [6, 6.07) is 25.3. The lowest BCUT2D eigenvalue weighted by Gasteiger charge is -2.51. The molecule has 570 valence electrons. The number of hydrogen-bond acceptors (Lipinski definition) is 16. The van der Waals surface area contributed by atoms with Crippen molar-refractivity contribution in [2.75, 3.05) is 13.2 Å². The van der Waals surface area contributed by atoms with Crippen molar-refractivity contribution in [1.29, 1.82) is 0 Å². The second kappa shape index (κ2) is 30.4. The highest BCUT2D eigenvalue weighted by Gasteiger charge is 2.61. The third-order valence-corrected chi connectivity index (χ3v) is 65.0. The van der Waals surface area contributed by atoms with Crippen LogP contribution in [0.4, 0.5) is 0 Å². The SMILES string of the molecule is CC(C)(c1ccc(OCCCC[Si]2(C)O[Si](C)(CCC3CCC4OC4C3)O[Si](C)(CCC3CCC4OC4C3)O[Si](C)(CCC3CCC4OC4C3)O2)cc1)c1ccc(OCCC[Si]2(C)O[Si](C)(CCC3CCC4OC4C3)O[Si](C)(CCC3CCC4OC4C3)O[Si](C)(CCC3CCC4OC4C3)O2)cc1. The number of rotatable bonds is 31. The average Bonchev–Trinajstić information content (AvgIpc) is 1.54. The van der Waals surface area contributed by atoms with Gasteiger partial charge in [-0.2, -0.15) is 0 Å². The van der Waals surface area contributed by atoms with E-state index in [0.717, 1.165) is 118 Å². The van der Waals surface area contributed by atoms with Crippen LogP contribution in [0.25, 0.3) is 0 Å². The first kappa shape index (κ1) is 75.3. The van der Waals surface area contributed by atoms with Crippen LogP contribution in [-0.2, 0) is 66.8 Å². The lowest BCUT2D eigenvalue weighted by atomic mass is 9.78. The molecular formula is C78H130O16Si8. The molecule has 8 heterocycles. The highest BCUT2D eigenvalue weighted by molar-refractivity contribution is 6.95. The number of epoxide rings is 6. The Labute approximate surface area is 621 Å². The minimum Gasteiger partial charge on any atom is -0.494 e. The summed E-state index contributed by atoms with van der Waals surface area (Å²) >= 11 is 0. The maximum atomic E-state index is 7.79. The van der Waals surface area contributed by atoms with E-state index in [2.05, 4.69) is 115 Å². The van der Waals surface area contributed by atoms with Gasteiger partial charge in [0.1, 0.15) is 11.5 Å². The van der Waals surface area contributed by atoms with E-state index < -0.39 is 68.5 Å². The lowest BCUT2D eigenvalue weighted by molar-refractivity contribution is 0.210. The molecule has 22 atom stereocenters. The van der Waals surface area contributed by atoms with Gasteiger partial charge in [0.05, 0.1) is 86.5 Å². The second-order valence-electron chi connectivity index (χ2n) is 37.4. The molecule has 0 spiro atoms. The largest absolute Gasteiger partial charge is 0.494 e. The van der Waals surface area contributed by atoms with E-state index in [9.17, 15) is 0 Å². The van der Waals surface area contributed by atoms with Gasteiger partial charge in [-0.3, -0.25) is 0 Å². The third kappa shape index (κ3) is 19.4. The molecule has 6 saturated carbocycles. The first-order valence-corrected chi connectivity index (χ1v) is 62.0. The molecule has 24 heteroatoms. The summed E-state index contributed by atoms with van der Waals surface area (Å²) < 4.78 is 112. The number of unbranched alkanes of at least 4 members (excludes halogenated alkanes) is 1. The van der Waals surface area contributed by atoms with Crippen molar-refractivity contribution >= 4 is 68.5 Å². The van der Waals surface area contributed by atoms with Crippen LogP contribution >= 0.6 is 0 Å². The smallest absolute Gasteiger partial charge is 0.317 e. The van der Waals surface area contributed by atoms with E-state index in [-0.39, 0.29) is 5.41 Å². The Morgan fingerprint density at radius 2 is 0.490 bits per heavy atom. The van der Waals surface area contributed by atoms with Crippen molar-refractivity contribution < 1.29 is 70.8 Å². The molecule has 0 amide bonds. The maximum Gasteiger partial charge on any atom is 0.317 e. The quantitative estimate of drug-likeness (QED) is 0.0397. The molecule has 14 aliphatic rings. The van der Waals surface area contributed by atoms with Gasteiger partial charge in [0.15, 0.2) is 0 Å². The van der Waals surface area contributed by atoms with Crippen molar-refractivity contribution in [3.05, 3.63) is 59.7 Å². The minimum absolute atomic E-state index is 0.233. The monoisotopic (exact) mass is 1550 g/mol. The first-order chi connectivity index (χ1) is 48.8. The number of fused-ring (bicyclic) bond motifs is 6. The van der Waals surface area contributed by atoms with Crippen LogP contribution in [0, 0.1) is 35.5 Å². The zero-order chi connectivity index (χ0) is 70.3. The Morgan fingerprint density at radius 1 is 0.275 bits per heavy atom. The van der Waals surface area contributed by atoms with E-state index in [1.165, 1.54) is 127 Å². The molecule has 14 fully saturated rings. The highest BCUT2D eigenvalue weighted by Crippen LogP contribution is 2.51. The molecule has 8 saturated heterocycles. The van der Waals surface area contributed by atoms with Crippen LogP contribution in [0.3, 0.4) is 0 Å². The Bertz CT molecular complexity index is 3060. The predicted octanol–water partition coefficient (Wildman–Crippen LogP) is 18.4. The molecule has 16 nitrogen and oxygen atoms in total. The van der Waals surface area contributed by atoms with Gasteiger partial charge < -0.3 is 70.8 Å². The Hall–Kier alpha value is -0.785. The maximum absolute atomic E-state index is 7.79. The third-order valence-electron chi connectivity index (χ3n) is 27.7. The Balaban J connectivity index is 0.531. The van der Waals surface area contributed by atoms with Crippen molar-refractivity contribution in [3.8, 4) is 11.5 Å². The van der Waals surface area contributed by atoms with Gasteiger partial charge in [0.25, 0.3) is 0 Å². The number of ether oxygens (including phenoxy) is 8. The van der Waals surface area contributed by atoms with Crippen LogP contribution in [-0.4, -0.2) is 155 Å². The summed E-state index contributed by atoms with van der Waals surface area (Å²) in [5.74, 6) is 5.80. The molecule has 0 bridgehead atoms. The minimum atomic E-state index is -2.85. The van der Waals surface area contributed by atoms with E-state index in [1.54, 1.807) is 0 Å². The van der Waals surface area contributed by atoms with E-state index in [1.807, 2.05) is 0 Å². The summed E-state index contributed by atoms with van der Waals surface area (Å²) in [6.07, 6.45) is 37.2. The van der Waals surface area contributed by atoms with E-state index in [0.29, 0.717) is 122 Å². The zero-order valence-corrected chi connectivity index (χ0v) is 72.2. The summed E-state index contributed by atoms with van der Waals surface area (Å²) in [5.41, 5.74) is 2.26. The lowest BCUT2D eigenvalue weighted by Crippen LogP contribution is -2.67. The standard InChI is InChI=1S/C78H130O16Si8/c1-78(2,63-22-26-65(27-23-63)80-41-13-43-96(4)89-99(7,46-36-58-16-30-68-74(52-58)83-68)93-102(10,49-39-61-19-33-71-77(55-61)86-71)94-100(8,90-96)47-37-59-17-31-69-75(53-59)84-69)62-20-24-64(25-21-62)79-40-11-12-42-95(3)87-97(5,44-34-56-14-28-66-72(50-56)81-66)91-101(9,48-38-60-18-32-70-76(54-60)85-70)92-98(6,88-95)45-35-57-15-29-67-73(51-57)82-67/h20-27,56-61,66-77H,11-19,28-55H2,1-10H3. The molecule has 16 rings (SSSR count). The van der Waals surface area contributed by atoms with Gasteiger partial charge in [-0.1, -0.05) is 38.1 Å². The van der Waals surface area contributed by atoms with Crippen molar-refractivity contribution in [2.24, 2.45) is 35.5 Å². The molecule has 0 N–H and O–H groups in total. The summed E-state index contributed by atoms with van der Waals surface area (Å²) in [6.45, 7) is 24.9. The normalized spacial score (nSPS) is 46.1. The molecule has 0 radical (unpaired) electrons. The molecular weight excluding hydrogens is 1420 g/mol.